The molecule has 0 aliphatic heterocycles. The summed E-state index contributed by atoms with van der Waals surface area (Å²) < 4.78 is 36.0. The van der Waals surface area contributed by atoms with Crippen molar-refractivity contribution in [3.8, 4) is 0 Å². The fourth-order valence-electron chi connectivity index (χ4n) is 1.36. The van der Waals surface area contributed by atoms with E-state index in [-0.39, 0.29) is 0 Å². The van der Waals surface area contributed by atoms with Crippen molar-refractivity contribution in [2.45, 2.75) is 0 Å². The Kier molecular flexibility index (Phi) is 5.62. The molecule has 0 spiro atoms. The van der Waals surface area contributed by atoms with Crippen LogP contribution >= 0.6 is 0 Å². The zero-order chi connectivity index (χ0) is 14.3. The molecular formula is C13H12ClNO4. The van der Waals surface area contributed by atoms with E-state index in [2.05, 4.69) is 18.7 Å². The first-order valence-electron chi connectivity index (χ1n) is 5.20. The summed E-state index contributed by atoms with van der Waals surface area (Å²) in [7, 11) is -4.94. The first-order chi connectivity index (χ1) is 8.88. The summed E-state index contributed by atoms with van der Waals surface area (Å²) in [5.41, 5.74) is 2.13. The monoisotopic (exact) mass is 281 g/mol. The topological polar surface area (TPSA) is 96.1 Å². The number of rotatable bonds is 2. The van der Waals surface area contributed by atoms with E-state index < -0.39 is 10.2 Å². The smallest absolute Gasteiger partial charge is 0.210 e. The van der Waals surface area contributed by atoms with Crippen molar-refractivity contribution in [3.05, 3.63) is 73.1 Å². The molecule has 0 bridgehead atoms. The zero-order valence-electron chi connectivity index (χ0n) is 9.94. The van der Waals surface area contributed by atoms with Gasteiger partial charge >= 0.3 is 0 Å². The standard InChI is InChI=1S/C13H12N.ClHO4/c1-12(13-8-4-2-5-9-13)14-10-6-3-7-11-14;2-1(3,4)5/h2-11H,1H2;(H,2,3,4,5)/q+1;/p-1. The number of aromatic nitrogens is 1. The van der Waals surface area contributed by atoms with Crippen molar-refractivity contribution in [2.24, 2.45) is 0 Å². The van der Waals surface area contributed by atoms with E-state index in [0.717, 1.165) is 11.3 Å². The zero-order valence-corrected chi connectivity index (χ0v) is 10.7. The van der Waals surface area contributed by atoms with E-state index >= 15 is 0 Å². The third kappa shape index (κ3) is 6.66. The van der Waals surface area contributed by atoms with Crippen molar-refractivity contribution in [3.63, 3.8) is 0 Å². The Hall–Kier alpha value is -1.76. The summed E-state index contributed by atoms with van der Waals surface area (Å²) in [4.78, 5) is 0. The second kappa shape index (κ2) is 6.98. The highest BCUT2D eigenvalue weighted by Gasteiger charge is 2.07. The van der Waals surface area contributed by atoms with Crippen LogP contribution in [0.1, 0.15) is 5.56 Å². The molecule has 0 unspecified atom stereocenters. The molecule has 1 aromatic heterocycles. The predicted molar refractivity (Wildman–Crippen MR) is 57.5 cm³/mol. The molecule has 5 nitrogen and oxygen atoms in total. The second-order valence-electron chi connectivity index (χ2n) is 3.47. The van der Waals surface area contributed by atoms with Crippen LogP contribution in [0.3, 0.4) is 0 Å². The summed E-state index contributed by atoms with van der Waals surface area (Å²) in [5.74, 6) is 0. The number of hydrogen-bond donors (Lipinski definition) is 0. The maximum absolute atomic E-state index is 8.49. The van der Waals surface area contributed by atoms with Crippen molar-refractivity contribution in [1.29, 1.82) is 0 Å². The highest BCUT2D eigenvalue weighted by molar-refractivity contribution is 5.55. The number of halogens is 1. The molecule has 0 saturated carbocycles. The molecule has 0 amide bonds. The van der Waals surface area contributed by atoms with Gasteiger partial charge in [0.05, 0.1) is 0 Å². The fourth-order valence-corrected chi connectivity index (χ4v) is 1.36. The number of benzene rings is 1. The molecule has 19 heavy (non-hydrogen) atoms. The van der Waals surface area contributed by atoms with E-state index in [0.29, 0.717) is 0 Å². The average molecular weight is 282 g/mol. The van der Waals surface area contributed by atoms with Crippen LogP contribution in [0.2, 0.25) is 0 Å². The van der Waals surface area contributed by atoms with Crippen LogP contribution in [0.5, 0.6) is 0 Å². The van der Waals surface area contributed by atoms with Crippen LogP contribution in [-0.2, 0) is 0 Å². The maximum atomic E-state index is 8.49. The van der Waals surface area contributed by atoms with E-state index in [1.807, 2.05) is 53.4 Å². The lowest BCUT2D eigenvalue weighted by molar-refractivity contribution is -2.00. The van der Waals surface area contributed by atoms with Crippen molar-refractivity contribution in [1.82, 2.24) is 0 Å². The Morgan fingerprint density at radius 2 is 1.26 bits per heavy atom. The average Bonchev–Trinajstić information content (AvgIpc) is 2.38. The molecule has 0 atom stereocenters. The van der Waals surface area contributed by atoms with Gasteiger partial charge in [0.2, 0.25) is 5.70 Å². The Bertz CT molecular complexity index is 464. The number of nitrogens with zero attached hydrogens (tertiary/aromatic N) is 1. The first-order valence-corrected chi connectivity index (χ1v) is 6.44. The third-order valence-corrected chi connectivity index (χ3v) is 2.13. The van der Waals surface area contributed by atoms with Gasteiger partial charge in [0.1, 0.15) is 0 Å². The molecule has 100 valence electrons. The van der Waals surface area contributed by atoms with Gasteiger partial charge in [-0.25, -0.2) is 18.6 Å². The molecule has 0 aliphatic carbocycles. The summed E-state index contributed by atoms with van der Waals surface area (Å²) >= 11 is 0. The van der Waals surface area contributed by atoms with Gasteiger partial charge in [0.15, 0.2) is 12.4 Å². The number of pyridine rings is 1. The SMILES string of the molecule is C=C(c1ccccc1)[n+]1ccccc1.[O-][Cl+3]([O-])([O-])[O-]. The largest absolute Gasteiger partial charge is 0.222 e. The van der Waals surface area contributed by atoms with Crippen LogP contribution in [0, 0.1) is 10.2 Å². The van der Waals surface area contributed by atoms with Gasteiger partial charge in [-0.1, -0.05) is 24.3 Å². The lowest BCUT2D eigenvalue weighted by Gasteiger charge is -2.17. The van der Waals surface area contributed by atoms with Gasteiger partial charge in [-0.2, -0.15) is 4.57 Å². The Morgan fingerprint density at radius 3 is 1.74 bits per heavy atom. The molecular weight excluding hydrogens is 270 g/mol. The molecule has 0 fully saturated rings. The van der Waals surface area contributed by atoms with Crippen molar-refractivity contribution < 1.29 is 33.4 Å². The van der Waals surface area contributed by atoms with Crippen LogP contribution < -0.4 is 23.2 Å². The highest BCUT2D eigenvalue weighted by atomic mass is 35.7. The molecule has 1 aromatic carbocycles. The first kappa shape index (κ1) is 15.3. The third-order valence-electron chi connectivity index (χ3n) is 2.13. The summed E-state index contributed by atoms with van der Waals surface area (Å²) in [6, 6.07) is 16.1. The molecule has 2 rings (SSSR count). The van der Waals surface area contributed by atoms with Crippen LogP contribution in [0.25, 0.3) is 5.70 Å². The summed E-state index contributed by atoms with van der Waals surface area (Å²) in [6.45, 7) is 4.06. The molecule has 0 N–H and O–H groups in total. The lowest BCUT2D eigenvalue weighted by Crippen LogP contribution is -2.68. The molecule has 0 aliphatic rings. The van der Waals surface area contributed by atoms with Gasteiger partial charge in [0, 0.05) is 17.7 Å². The fraction of sp³-hybridized carbons (Fsp3) is 0. The van der Waals surface area contributed by atoms with Crippen LogP contribution in [0.15, 0.2) is 67.5 Å². The minimum absolute atomic E-state index is 0.992. The maximum Gasteiger partial charge on any atom is 0.210 e. The van der Waals surface area contributed by atoms with Gasteiger partial charge in [0.25, 0.3) is 0 Å². The quantitative estimate of drug-likeness (QED) is 0.580. The Labute approximate surface area is 113 Å². The van der Waals surface area contributed by atoms with Crippen LogP contribution in [0.4, 0.5) is 0 Å². The number of hydrogen-bond acceptors (Lipinski definition) is 4. The van der Waals surface area contributed by atoms with E-state index in [4.69, 9.17) is 18.6 Å². The van der Waals surface area contributed by atoms with E-state index in [9.17, 15) is 0 Å². The van der Waals surface area contributed by atoms with Crippen LogP contribution in [-0.4, -0.2) is 0 Å². The molecule has 0 radical (unpaired) electrons. The molecule has 2 aromatic rings. The van der Waals surface area contributed by atoms with E-state index in [1.54, 1.807) is 0 Å². The van der Waals surface area contributed by atoms with Gasteiger partial charge in [-0.05, 0) is 18.7 Å². The minimum Gasteiger partial charge on any atom is -0.222 e. The summed E-state index contributed by atoms with van der Waals surface area (Å²) in [6.07, 6.45) is 3.99. The highest BCUT2D eigenvalue weighted by Crippen LogP contribution is 2.07. The second-order valence-corrected chi connectivity index (χ2v) is 4.23. The van der Waals surface area contributed by atoms with Gasteiger partial charge in [-0.3, -0.25) is 0 Å². The van der Waals surface area contributed by atoms with Crippen molar-refractivity contribution >= 4 is 5.70 Å². The lowest BCUT2D eigenvalue weighted by atomic mass is 10.2. The molecule has 0 saturated heterocycles. The van der Waals surface area contributed by atoms with Crippen molar-refractivity contribution in [2.75, 3.05) is 0 Å². The summed E-state index contributed by atoms with van der Waals surface area (Å²) in [5, 5.41) is 0. The minimum atomic E-state index is -4.94. The molecule has 1 heterocycles. The van der Waals surface area contributed by atoms with Gasteiger partial charge < -0.3 is 0 Å². The molecule has 6 heteroatoms. The Balaban J connectivity index is 0.000000312. The predicted octanol–water partition coefficient (Wildman–Crippen LogP) is -2.26. The van der Waals surface area contributed by atoms with Gasteiger partial charge in [-0.15, -0.1) is 10.2 Å². The Morgan fingerprint density at radius 1 is 0.842 bits per heavy atom. The normalized spacial score (nSPS) is 10.3. The van der Waals surface area contributed by atoms with E-state index in [1.165, 1.54) is 0 Å².